The number of rotatable bonds is 3. The number of piperazine rings is 1. The van der Waals surface area contributed by atoms with Gasteiger partial charge in [0.1, 0.15) is 6.54 Å². The molecule has 2 saturated heterocycles. The van der Waals surface area contributed by atoms with Crippen LogP contribution < -0.4 is 4.90 Å². The number of amides is 3. The molecule has 1 aromatic rings. The summed E-state index contributed by atoms with van der Waals surface area (Å²) >= 11 is 0. The van der Waals surface area contributed by atoms with E-state index in [9.17, 15) is 14.4 Å². The molecule has 6 heteroatoms. The highest BCUT2D eigenvalue weighted by molar-refractivity contribution is 6.08. The molecule has 3 fully saturated rings. The van der Waals surface area contributed by atoms with Crippen LogP contribution >= 0.6 is 0 Å². The predicted octanol–water partition coefficient (Wildman–Crippen LogP) is 1.53. The van der Waals surface area contributed by atoms with Gasteiger partial charge in [-0.05, 0) is 37.3 Å². The number of para-hydroxylation sites is 1. The number of nitrogens with zero attached hydrogens (tertiary/aromatic N) is 3. The molecule has 6 nitrogen and oxygen atoms in total. The molecule has 0 spiro atoms. The first-order valence-electron chi connectivity index (χ1n) is 10.2. The van der Waals surface area contributed by atoms with Crippen molar-refractivity contribution in [3.05, 3.63) is 42.0 Å². The van der Waals surface area contributed by atoms with E-state index in [1.807, 2.05) is 18.2 Å². The zero-order chi connectivity index (χ0) is 19.4. The molecule has 4 atom stereocenters. The normalized spacial score (nSPS) is 31.5. The number of allylic oxidation sites excluding steroid dienone is 2. The van der Waals surface area contributed by atoms with Crippen molar-refractivity contribution in [3.63, 3.8) is 0 Å². The molecule has 4 aliphatic rings. The Bertz CT molecular complexity index is 857. The highest BCUT2D eigenvalue weighted by atomic mass is 16.2. The van der Waals surface area contributed by atoms with E-state index in [1.54, 1.807) is 4.90 Å². The maximum absolute atomic E-state index is 12.9. The first-order chi connectivity index (χ1) is 13.5. The minimum Gasteiger partial charge on any atom is -0.368 e. The van der Waals surface area contributed by atoms with Crippen molar-refractivity contribution in [1.82, 2.24) is 9.80 Å². The molecular weight excluding hydrogens is 354 g/mol. The van der Waals surface area contributed by atoms with E-state index < -0.39 is 0 Å². The summed E-state index contributed by atoms with van der Waals surface area (Å²) in [6.07, 6.45) is 3.08. The number of imide groups is 1. The number of benzene rings is 1. The molecule has 0 unspecified atom stereocenters. The van der Waals surface area contributed by atoms with Crippen molar-refractivity contribution in [2.24, 2.45) is 23.7 Å². The van der Waals surface area contributed by atoms with Crippen LogP contribution in [-0.4, -0.2) is 60.2 Å². The Hall–Kier alpha value is -2.63. The topological polar surface area (TPSA) is 60.9 Å². The van der Waals surface area contributed by atoms with Gasteiger partial charge in [-0.3, -0.25) is 19.3 Å². The lowest BCUT2D eigenvalue weighted by molar-refractivity contribution is -0.147. The number of carbonyl (C=O) groups excluding carboxylic acids is 3. The molecule has 3 amide bonds. The molecule has 0 aromatic heterocycles. The van der Waals surface area contributed by atoms with E-state index in [-0.39, 0.29) is 47.9 Å². The van der Waals surface area contributed by atoms with Crippen molar-refractivity contribution >= 4 is 23.4 Å². The zero-order valence-corrected chi connectivity index (χ0v) is 16.1. The molecule has 146 valence electrons. The van der Waals surface area contributed by atoms with Gasteiger partial charge in [0.05, 0.1) is 11.8 Å². The van der Waals surface area contributed by atoms with E-state index in [2.05, 4.69) is 30.0 Å². The lowest BCUT2D eigenvalue weighted by Gasteiger charge is -2.36. The van der Waals surface area contributed by atoms with Gasteiger partial charge in [0.15, 0.2) is 0 Å². The summed E-state index contributed by atoms with van der Waals surface area (Å²) in [5, 5.41) is 0. The molecule has 5 rings (SSSR count). The predicted molar refractivity (Wildman–Crippen MR) is 104 cm³/mol. The average Bonchev–Trinajstić information content (AvgIpc) is 3.35. The molecule has 1 aromatic carbocycles. The highest BCUT2D eigenvalue weighted by Gasteiger charge is 2.60. The SMILES string of the molecule is CC1=C[C@H]2C[C@@H]1[C@H]1C(=O)N(CC(=O)N3CCN(c4ccccc4)CC3)C(=O)[C@@H]12. The number of anilines is 1. The molecule has 2 aliphatic carbocycles. The molecule has 2 bridgehead atoms. The van der Waals surface area contributed by atoms with Gasteiger partial charge in [-0.15, -0.1) is 0 Å². The van der Waals surface area contributed by atoms with Crippen LogP contribution in [0.25, 0.3) is 0 Å². The van der Waals surface area contributed by atoms with E-state index in [1.165, 1.54) is 10.5 Å². The van der Waals surface area contributed by atoms with Crippen LogP contribution in [0.4, 0.5) is 5.69 Å². The van der Waals surface area contributed by atoms with Crippen molar-refractivity contribution in [2.45, 2.75) is 13.3 Å². The van der Waals surface area contributed by atoms with Crippen LogP contribution in [-0.2, 0) is 14.4 Å². The maximum Gasteiger partial charge on any atom is 0.242 e. The molecule has 1 saturated carbocycles. The second kappa shape index (κ2) is 6.47. The molecular formula is C22H25N3O3. The molecule has 0 radical (unpaired) electrons. The van der Waals surface area contributed by atoms with E-state index in [4.69, 9.17) is 0 Å². The molecule has 2 aliphatic heterocycles. The summed E-state index contributed by atoms with van der Waals surface area (Å²) in [4.78, 5) is 43.8. The quantitative estimate of drug-likeness (QED) is 0.590. The Labute approximate surface area is 164 Å². The third-order valence-corrected chi connectivity index (χ3v) is 7.02. The summed E-state index contributed by atoms with van der Waals surface area (Å²) in [6.45, 7) is 4.70. The van der Waals surface area contributed by atoms with Crippen molar-refractivity contribution < 1.29 is 14.4 Å². The highest BCUT2D eigenvalue weighted by Crippen LogP contribution is 2.55. The van der Waals surface area contributed by atoms with Gasteiger partial charge in [0.25, 0.3) is 0 Å². The Kier molecular flexibility index (Phi) is 4.03. The van der Waals surface area contributed by atoms with Crippen LogP contribution in [0.1, 0.15) is 13.3 Å². The number of likely N-dealkylation sites (tertiary alicyclic amines) is 1. The number of fused-ring (bicyclic) bond motifs is 5. The lowest BCUT2D eigenvalue weighted by atomic mass is 9.82. The zero-order valence-electron chi connectivity index (χ0n) is 16.1. The van der Waals surface area contributed by atoms with Crippen molar-refractivity contribution in [1.29, 1.82) is 0 Å². The Balaban J connectivity index is 1.21. The van der Waals surface area contributed by atoms with E-state index in [0.717, 1.165) is 25.2 Å². The smallest absolute Gasteiger partial charge is 0.242 e. The monoisotopic (exact) mass is 379 g/mol. The fourth-order valence-corrected chi connectivity index (χ4v) is 5.58. The van der Waals surface area contributed by atoms with Gasteiger partial charge in [-0.1, -0.05) is 29.8 Å². The van der Waals surface area contributed by atoms with Gasteiger partial charge in [0.2, 0.25) is 17.7 Å². The first-order valence-corrected chi connectivity index (χ1v) is 10.2. The maximum atomic E-state index is 12.9. The van der Waals surface area contributed by atoms with Crippen molar-refractivity contribution in [3.8, 4) is 0 Å². The summed E-state index contributed by atoms with van der Waals surface area (Å²) in [7, 11) is 0. The number of carbonyl (C=O) groups is 3. The second-order valence-corrected chi connectivity index (χ2v) is 8.43. The van der Waals surface area contributed by atoms with Gasteiger partial charge in [0, 0.05) is 31.9 Å². The fourth-order valence-electron chi connectivity index (χ4n) is 5.58. The summed E-state index contributed by atoms with van der Waals surface area (Å²) in [5.74, 6) is -0.476. The minimum atomic E-state index is -0.232. The largest absolute Gasteiger partial charge is 0.368 e. The molecule has 0 N–H and O–H groups in total. The summed E-state index contributed by atoms with van der Waals surface area (Å²) < 4.78 is 0. The van der Waals surface area contributed by atoms with Crippen LogP contribution in [0.2, 0.25) is 0 Å². The van der Waals surface area contributed by atoms with Crippen LogP contribution in [0.15, 0.2) is 42.0 Å². The van der Waals surface area contributed by atoms with E-state index >= 15 is 0 Å². The Morgan fingerprint density at radius 2 is 1.68 bits per heavy atom. The Morgan fingerprint density at radius 3 is 2.39 bits per heavy atom. The Morgan fingerprint density at radius 1 is 1.00 bits per heavy atom. The molecule has 2 heterocycles. The number of hydrogen-bond donors (Lipinski definition) is 0. The number of hydrogen-bond acceptors (Lipinski definition) is 4. The minimum absolute atomic E-state index is 0.103. The van der Waals surface area contributed by atoms with Crippen LogP contribution in [0, 0.1) is 23.7 Å². The standard InChI is InChI=1S/C22H25N3O3/c1-14-11-15-12-17(14)20-19(15)21(27)25(22(20)28)13-18(26)24-9-7-23(8-10-24)16-5-3-2-4-6-16/h2-6,11,15,17,19-20H,7-10,12-13H2,1H3/t15-,17-,19+,20+/m0/s1. The van der Waals surface area contributed by atoms with Crippen LogP contribution in [0.3, 0.4) is 0 Å². The van der Waals surface area contributed by atoms with Gasteiger partial charge >= 0.3 is 0 Å². The lowest BCUT2D eigenvalue weighted by Crippen LogP contribution is -2.52. The second-order valence-electron chi connectivity index (χ2n) is 8.43. The first kappa shape index (κ1) is 17.5. The average molecular weight is 379 g/mol. The summed E-state index contributed by atoms with van der Waals surface area (Å²) in [6, 6.07) is 10.2. The third-order valence-electron chi connectivity index (χ3n) is 7.02. The van der Waals surface area contributed by atoms with Gasteiger partial charge in [-0.2, -0.15) is 0 Å². The van der Waals surface area contributed by atoms with Gasteiger partial charge in [-0.25, -0.2) is 0 Å². The van der Waals surface area contributed by atoms with E-state index in [0.29, 0.717) is 13.1 Å². The third kappa shape index (κ3) is 2.58. The van der Waals surface area contributed by atoms with Gasteiger partial charge < -0.3 is 9.80 Å². The van der Waals surface area contributed by atoms with Crippen LogP contribution in [0.5, 0.6) is 0 Å². The fraction of sp³-hybridized carbons (Fsp3) is 0.500. The van der Waals surface area contributed by atoms with Crippen molar-refractivity contribution in [2.75, 3.05) is 37.6 Å². The summed E-state index contributed by atoms with van der Waals surface area (Å²) in [5.41, 5.74) is 2.39. The molecule has 28 heavy (non-hydrogen) atoms.